The molecule has 4 rings (SSSR count). The van der Waals surface area contributed by atoms with E-state index in [0.717, 1.165) is 38.5 Å². The number of thiazole rings is 1. The number of alkyl halides is 3. The van der Waals surface area contributed by atoms with Gasteiger partial charge in [-0.25, -0.2) is 9.97 Å². The number of methoxy groups -OCH3 is 1. The standard InChI is InChI=1S/C24H22F4N4OS/c1-14(16-5-6-20(30-11-16)24(26,27)28)7-8-29-23-32-19(13-33-2)22(34-23)15-3-4-17-12-31-21(25)10-18(17)9-15/h3-6,9-12,14H,7-8,13H2,1-2H3,(H,29,32)/t14-/m1/s1. The van der Waals surface area contributed by atoms with Crippen molar-refractivity contribution in [1.82, 2.24) is 15.0 Å². The van der Waals surface area contributed by atoms with Gasteiger partial charge in [-0.1, -0.05) is 36.5 Å². The lowest BCUT2D eigenvalue weighted by molar-refractivity contribution is -0.141. The minimum Gasteiger partial charge on any atom is -0.378 e. The molecule has 0 saturated carbocycles. The summed E-state index contributed by atoms with van der Waals surface area (Å²) in [6.45, 7) is 2.85. The number of nitrogens with zero attached hydrogens (tertiary/aromatic N) is 3. The van der Waals surface area contributed by atoms with E-state index in [2.05, 4.69) is 20.3 Å². The van der Waals surface area contributed by atoms with E-state index in [-0.39, 0.29) is 5.92 Å². The lowest BCUT2D eigenvalue weighted by atomic mass is 9.99. The van der Waals surface area contributed by atoms with Crippen molar-refractivity contribution in [3.05, 3.63) is 71.7 Å². The smallest absolute Gasteiger partial charge is 0.378 e. The third kappa shape index (κ3) is 5.51. The molecule has 4 aromatic rings. The molecule has 0 saturated heterocycles. The number of hydrogen-bond acceptors (Lipinski definition) is 6. The second-order valence-electron chi connectivity index (χ2n) is 7.89. The zero-order valence-corrected chi connectivity index (χ0v) is 19.3. The van der Waals surface area contributed by atoms with E-state index in [4.69, 9.17) is 4.74 Å². The first-order chi connectivity index (χ1) is 16.2. The molecule has 10 heteroatoms. The molecule has 3 heterocycles. The Morgan fingerprint density at radius 2 is 1.88 bits per heavy atom. The van der Waals surface area contributed by atoms with E-state index >= 15 is 0 Å². The van der Waals surface area contributed by atoms with Crippen LogP contribution in [-0.4, -0.2) is 28.6 Å². The van der Waals surface area contributed by atoms with Crippen LogP contribution in [0.1, 0.15) is 36.2 Å². The van der Waals surface area contributed by atoms with Crippen LogP contribution in [-0.2, 0) is 17.5 Å². The van der Waals surface area contributed by atoms with Crippen LogP contribution in [0.5, 0.6) is 0 Å². The first-order valence-electron chi connectivity index (χ1n) is 10.6. The van der Waals surface area contributed by atoms with Gasteiger partial charge in [-0.15, -0.1) is 0 Å². The van der Waals surface area contributed by atoms with Crippen molar-refractivity contribution in [1.29, 1.82) is 0 Å². The van der Waals surface area contributed by atoms with Crippen molar-refractivity contribution in [2.24, 2.45) is 0 Å². The fourth-order valence-electron chi connectivity index (χ4n) is 3.57. The molecular weight excluding hydrogens is 468 g/mol. The van der Waals surface area contributed by atoms with Crippen LogP contribution < -0.4 is 5.32 Å². The summed E-state index contributed by atoms with van der Waals surface area (Å²) < 4.78 is 57.0. The maximum Gasteiger partial charge on any atom is 0.433 e. The number of aromatic nitrogens is 3. The molecule has 0 radical (unpaired) electrons. The highest BCUT2D eigenvalue weighted by atomic mass is 32.1. The van der Waals surface area contributed by atoms with Gasteiger partial charge in [0.15, 0.2) is 5.13 Å². The SMILES string of the molecule is COCc1nc(NCC[C@@H](C)c2ccc(C(F)(F)F)nc2)sc1-c1ccc2cnc(F)cc2c1. The molecule has 0 aliphatic carbocycles. The first-order valence-corrected chi connectivity index (χ1v) is 11.4. The van der Waals surface area contributed by atoms with Gasteiger partial charge in [0.05, 0.1) is 17.2 Å². The third-order valence-corrected chi connectivity index (χ3v) is 6.53. The molecule has 0 unspecified atom stereocenters. The van der Waals surface area contributed by atoms with Crippen LogP contribution in [0.4, 0.5) is 22.7 Å². The number of rotatable bonds is 8. The van der Waals surface area contributed by atoms with E-state index in [9.17, 15) is 17.6 Å². The first kappa shape index (κ1) is 24.0. The number of halogens is 4. The summed E-state index contributed by atoms with van der Waals surface area (Å²) in [6.07, 6.45) is -0.979. The molecule has 1 N–H and O–H groups in total. The van der Waals surface area contributed by atoms with Crippen molar-refractivity contribution in [2.45, 2.75) is 32.0 Å². The number of anilines is 1. The summed E-state index contributed by atoms with van der Waals surface area (Å²) in [5, 5.41) is 5.59. The van der Waals surface area contributed by atoms with Crippen LogP contribution in [0.25, 0.3) is 21.2 Å². The highest BCUT2D eigenvalue weighted by Crippen LogP contribution is 2.35. The van der Waals surface area contributed by atoms with E-state index in [1.165, 1.54) is 35.9 Å². The molecular formula is C24H22F4N4OS. The van der Waals surface area contributed by atoms with Gasteiger partial charge in [0.25, 0.3) is 0 Å². The quantitative estimate of drug-likeness (QED) is 0.221. The Morgan fingerprint density at radius 1 is 1.06 bits per heavy atom. The Kier molecular flexibility index (Phi) is 7.08. The summed E-state index contributed by atoms with van der Waals surface area (Å²) in [7, 11) is 1.59. The second-order valence-corrected chi connectivity index (χ2v) is 8.89. The van der Waals surface area contributed by atoms with Crippen molar-refractivity contribution >= 4 is 27.2 Å². The molecule has 5 nitrogen and oxygen atoms in total. The Hall–Kier alpha value is -3.11. The molecule has 0 aliphatic rings. The Bertz CT molecular complexity index is 1270. The predicted octanol–water partition coefficient (Wildman–Crippen LogP) is 6.66. The lowest BCUT2D eigenvalue weighted by Crippen LogP contribution is -2.09. The number of fused-ring (bicyclic) bond motifs is 1. The van der Waals surface area contributed by atoms with Crippen LogP contribution in [0.3, 0.4) is 0 Å². The maximum atomic E-state index is 13.6. The zero-order chi connectivity index (χ0) is 24.3. The lowest BCUT2D eigenvalue weighted by Gasteiger charge is -2.13. The number of hydrogen-bond donors (Lipinski definition) is 1. The zero-order valence-electron chi connectivity index (χ0n) is 18.5. The molecule has 34 heavy (non-hydrogen) atoms. The van der Waals surface area contributed by atoms with E-state index in [0.29, 0.717) is 24.7 Å². The minimum absolute atomic E-state index is 0.0177. The van der Waals surface area contributed by atoms with Gasteiger partial charge in [-0.3, -0.25) is 4.98 Å². The van der Waals surface area contributed by atoms with Gasteiger partial charge in [-0.05, 0) is 41.0 Å². The highest BCUT2D eigenvalue weighted by Gasteiger charge is 2.32. The summed E-state index contributed by atoms with van der Waals surface area (Å²) >= 11 is 1.47. The minimum atomic E-state index is -4.44. The molecule has 1 atom stereocenters. The number of benzene rings is 1. The van der Waals surface area contributed by atoms with Crippen LogP contribution in [0, 0.1) is 5.95 Å². The van der Waals surface area contributed by atoms with Crippen molar-refractivity contribution in [2.75, 3.05) is 19.0 Å². The maximum absolute atomic E-state index is 13.6. The average Bonchev–Trinajstić information content (AvgIpc) is 3.21. The average molecular weight is 491 g/mol. The van der Waals surface area contributed by atoms with Gasteiger partial charge in [-0.2, -0.15) is 17.6 Å². The van der Waals surface area contributed by atoms with Gasteiger partial charge in [0, 0.05) is 37.5 Å². The van der Waals surface area contributed by atoms with Crippen molar-refractivity contribution < 1.29 is 22.3 Å². The van der Waals surface area contributed by atoms with Gasteiger partial charge >= 0.3 is 6.18 Å². The van der Waals surface area contributed by atoms with Gasteiger partial charge in [0.2, 0.25) is 5.95 Å². The number of nitrogens with one attached hydrogen (secondary N) is 1. The summed E-state index contributed by atoms with van der Waals surface area (Å²) in [6, 6.07) is 9.60. The predicted molar refractivity (Wildman–Crippen MR) is 124 cm³/mol. The molecule has 0 aliphatic heterocycles. The normalized spacial score (nSPS) is 12.8. The largest absolute Gasteiger partial charge is 0.433 e. The van der Waals surface area contributed by atoms with Gasteiger partial charge < -0.3 is 10.1 Å². The topological polar surface area (TPSA) is 59.9 Å². The fraction of sp³-hybridized carbons (Fsp3) is 0.292. The van der Waals surface area contributed by atoms with E-state index in [1.807, 2.05) is 25.1 Å². The molecule has 0 spiro atoms. The monoisotopic (exact) mass is 490 g/mol. The molecule has 0 bridgehead atoms. The highest BCUT2D eigenvalue weighted by molar-refractivity contribution is 7.19. The summed E-state index contributed by atoms with van der Waals surface area (Å²) in [5.41, 5.74) is 1.52. The number of pyridine rings is 2. The Labute approximate surface area is 197 Å². The molecule has 0 amide bonds. The molecule has 3 aromatic heterocycles. The summed E-state index contributed by atoms with van der Waals surface area (Å²) in [5.74, 6) is -0.519. The third-order valence-electron chi connectivity index (χ3n) is 5.43. The summed E-state index contributed by atoms with van der Waals surface area (Å²) in [4.78, 5) is 12.8. The van der Waals surface area contributed by atoms with Crippen LogP contribution in [0.15, 0.2) is 48.8 Å². The molecule has 178 valence electrons. The fourth-order valence-corrected chi connectivity index (χ4v) is 4.56. The van der Waals surface area contributed by atoms with Crippen molar-refractivity contribution in [3.8, 4) is 10.4 Å². The second kappa shape index (κ2) is 10.0. The Morgan fingerprint density at radius 3 is 2.59 bits per heavy atom. The molecule has 0 fully saturated rings. The van der Waals surface area contributed by atoms with Crippen LogP contribution >= 0.6 is 11.3 Å². The number of ether oxygens (including phenoxy) is 1. The van der Waals surface area contributed by atoms with Gasteiger partial charge in [0.1, 0.15) is 5.69 Å². The van der Waals surface area contributed by atoms with E-state index < -0.39 is 17.8 Å². The molecule has 1 aromatic carbocycles. The van der Waals surface area contributed by atoms with Crippen LogP contribution in [0.2, 0.25) is 0 Å². The van der Waals surface area contributed by atoms with E-state index in [1.54, 1.807) is 7.11 Å². The van der Waals surface area contributed by atoms with Crippen molar-refractivity contribution in [3.63, 3.8) is 0 Å². The Balaban J connectivity index is 1.45.